The standard InChI is InChI=1S/C23H22N2O5/c1-4-29-23(27)19-17(13-6-8-14(28-3)9-7-13)18-20(30-21(19)24)15-11-12(2)5-10-16(15)25-22(18)26/h5-11,17H,4,24H2,1-3H3,(H,25,26)/t17-/m0/s1. The predicted molar refractivity (Wildman–Crippen MR) is 113 cm³/mol. The molecular formula is C23H22N2O5. The Bertz CT molecular complexity index is 1220. The lowest BCUT2D eigenvalue weighted by Crippen LogP contribution is -2.32. The van der Waals surface area contributed by atoms with Crippen LogP contribution in [0.5, 0.6) is 11.5 Å². The molecule has 1 atom stereocenters. The van der Waals surface area contributed by atoms with E-state index >= 15 is 0 Å². The van der Waals surface area contributed by atoms with Crippen molar-refractivity contribution in [3.63, 3.8) is 0 Å². The number of hydrogen-bond donors (Lipinski definition) is 2. The lowest BCUT2D eigenvalue weighted by Gasteiger charge is -2.28. The van der Waals surface area contributed by atoms with E-state index in [9.17, 15) is 9.59 Å². The van der Waals surface area contributed by atoms with E-state index in [1.165, 1.54) is 0 Å². The molecule has 0 aliphatic carbocycles. The van der Waals surface area contributed by atoms with Gasteiger partial charge in [-0.25, -0.2) is 4.79 Å². The summed E-state index contributed by atoms with van der Waals surface area (Å²) in [6.07, 6.45) is 0. The van der Waals surface area contributed by atoms with Gasteiger partial charge in [0.2, 0.25) is 5.88 Å². The lowest BCUT2D eigenvalue weighted by molar-refractivity contribution is -0.139. The summed E-state index contributed by atoms with van der Waals surface area (Å²) in [5.41, 5.74) is 8.60. The topological polar surface area (TPSA) is 104 Å². The van der Waals surface area contributed by atoms with Gasteiger partial charge in [0.25, 0.3) is 5.56 Å². The first kappa shape index (κ1) is 19.6. The van der Waals surface area contributed by atoms with Gasteiger partial charge < -0.3 is 24.9 Å². The van der Waals surface area contributed by atoms with Gasteiger partial charge in [-0.15, -0.1) is 0 Å². The molecule has 7 heteroatoms. The average molecular weight is 406 g/mol. The summed E-state index contributed by atoms with van der Waals surface area (Å²) < 4.78 is 16.3. The predicted octanol–water partition coefficient (Wildman–Crippen LogP) is 3.10. The number of rotatable bonds is 4. The molecule has 2 aromatic carbocycles. The summed E-state index contributed by atoms with van der Waals surface area (Å²) in [7, 11) is 1.57. The minimum Gasteiger partial charge on any atom is -0.497 e. The number of benzene rings is 2. The van der Waals surface area contributed by atoms with Crippen LogP contribution in [0.4, 0.5) is 0 Å². The highest BCUT2D eigenvalue weighted by Crippen LogP contribution is 2.44. The summed E-state index contributed by atoms with van der Waals surface area (Å²) >= 11 is 0. The zero-order valence-corrected chi connectivity index (χ0v) is 16.9. The van der Waals surface area contributed by atoms with Crippen LogP contribution in [0.1, 0.15) is 29.5 Å². The number of esters is 1. The maximum Gasteiger partial charge on any atom is 0.340 e. The Kier molecular flexibility index (Phi) is 4.95. The third-order valence-electron chi connectivity index (χ3n) is 5.16. The Balaban J connectivity index is 2.02. The molecule has 4 rings (SSSR count). The van der Waals surface area contributed by atoms with E-state index in [1.54, 1.807) is 38.3 Å². The van der Waals surface area contributed by atoms with Crippen LogP contribution in [0.25, 0.3) is 10.9 Å². The Morgan fingerprint density at radius 3 is 2.60 bits per heavy atom. The second-order valence-corrected chi connectivity index (χ2v) is 7.05. The van der Waals surface area contributed by atoms with Gasteiger partial charge in [0.05, 0.1) is 30.7 Å². The molecule has 0 fully saturated rings. The number of carbonyl (C=O) groups is 1. The van der Waals surface area contributed by atoms with Crippen molar-refractivity contribution >= 4 is 16.9 Å². The molecule has 3 aromatic rings. The number of methoxy groups -OCH3 is 1. The Morgan fingerprint density at radius 2 is 1.93 bits per heavy atom. The first-order valence-corrected chi connectivity index (χ1v) is 9.59. The van der Waals surface area contributed by atoms with E-state index in [2.05, 4.69) is 4.98 Å². The average Bonchev–Trinajstić information content (AvgIpc) is 2.73. The first-order valence-electron chi connectivity index (χ1n) is 9.59. The molecule has 1 aliphatic heterocycles. The zero-order chi connectivity index (χ0) is 21.4. The molecule has 7 nitrogen and oxygen atoms in total. The van der Waals surface area contributed by atoms with Crippen LogP contribution in [-0.2, 0) is 9.53 Å². The van der Waals surface area contributed by atoms with Crippen LogP contribution in [0.15, 0.2) is 58.7 Å². The fraction of sp³-hybridized carbons (Fsp3) is 0.217. The summed E-state index contributed by atoms with van der Waals surface area (Å²) in [4.78, 5) is 28.8. The number of pyridine rings is 1. The van der Waals surface area contributed by atoms with E-state index in [-0.39, 0.29) is 23.6 Å². The third-order valence-corrected chi connectivity index (χ3v) is 5.16. The van der Waals surface area contributed by atoms with Gasteiger partial charge in [-0.1, -0.05) is 23.8 Å². The van der Waals surface area contributed by atoms with E-state index in [0.717, 1.165) is 5.56 Å². The monoisotopic (exact) mass is 406 g/mol. The molecule has 0 amide bonds. The van der Waals surface area contributed by atoms with Crippen LogP contribution >= 0.6 is 0 Å². The van der Waals surface area contributed by atoms with Crippen molar-refractivity contribution in [2.24, 2.45) is 5.73 Å². The number of H-pyrrole nitrogens is 1. The number of fused-ring (bicyclic) bond motifs is 3. The van der Waals surface area contributed by atoms with E-state index in [1.807, 2.05) is 25.1 Å². The van der Waals surface area contributed by atoms with Crippen molar-refractivity contribution in [2.75, 3.05) is 13.7 Å². The second kappa shape index (κ2) is 7.59. The van der Waals surface area contributed by atoms with Gasteiger partial charge >= 0.3 is 5.97 Å². The SMILES string of the molecule is CCOC(=O)C1=C(N)Oc2c(c(=O)[nH]c3ccc(C)cc23)[C@@H]1c1ccc(OC)cc1. The number of nitrogens with one attached hydrogen (secondary N) is 1. The van der Waals surface area contributed by atoms with Gasteiger partial charge in [-0.2, -0.15) is 0 Å². The molecule has 0 spiro atoms. The molecule has 2 heterocycles. The lowest BCUT2D eigenvalue weighted by atomic mass is 9.83. The van der Waals surface area contributed by atoms with E-state index in [0.29, 0.717) is 33.5 Å². The smallest absolute Gasteiger partial charge is 0.340 e. The highest BCUT2D eigenvalue weighted by atomic mass is 16.5. The molecule has 30 heavy (non-hydrogen) atoms. The Morgan fingerprint density at radius 1 is 1.20 bits per heavy atom. The number of carbonyl (C=O) groups excluding carboxylic acids is 1. The summed E-state index contributed by atoms with van der Waals surface area (Å²) in [5.74, 6) is -0.430. The minimum absolute atomic E-state index is 0.0739. The molecule has 0 saturated carbocycles. The fourth-order valence-electron chi connectivity index (χ4n) is 3.77. The quantitative estimate of drug-likeness (QED) is 0.646. The summed E-state index contributed by atoms with van der Waals surface area (Å²) in [6.45, 7) is 3.83. The van der Waals surface area contributed by atoms with Crippen molar-refractivity contribution in [1.82, 2.24) is 4.98 Å². The summed E-state index contributed by atoms with van der Waals surface area (Å²) in [6, 6.07) is 12.8. The first-order chi connectivity index (χ1) is 14.4. The van der Waals surface area contributed by atoms with Crippen LogP contribution in [0.3, 0.4) is 0 Å². The number of aromatic amines is 1. The number of aromatic nitrogens is 1. The van der Waals surface area contributed by atoms with Crippen LogP contribution in [0, 0.1) is 6.92 Å². The van der Waals surface area contributed by atoms with Gasteiger partial charge in [-0.05, 0) is 43.7 Å². The molecule has 3 N–H and O–H groups in total. The second-order valence-electron chi connectivity index (χ2n) is 7.05. The largest absolute Gasteiger partial charge is 0.497 e. The normalized spacial score (nSPS) is 15.5. The summed E-state index contributed by atoms with van der Waals surface area (Å²) in [5, 5.41) is 0.717. The van der Waals surface area contributed by atoms with Crippen molar-refractivity contribution in [3.8, 4) is 11.5 Å². The van der Waals surface area contributed by atoms with Crippen molar-refractivity contribution in [2.45, 2.75) is 19.8 Å². The molecule has 154 valence electrons. The van der Waals surface area contributed by atoms with Gasteiger partial charge in [-0.3, -0.25) is 4.79 Å². The van der Waals surface area contributed by atoms with Crippen molar-refractivity contribution in [1.29, 1.82) is 0 Å². The van der Waals surface area contributed by atoms with E-state index < -0.39 is 11.9 Å². The van der Waals surface area contributed by atoms with Gasteiger partial charge in [0.1, 0.15) is 17.1 Å². The molecular weight excluding hydrogens is 384 g/mol. The highest BCUT2D eigenvalue weighted by molar-refractivity contribution is 5.95. The molecule has 0 bridgehead atoms. The Labute approximate surface area is 173 Å². The van der Waals surface area contributed by atoms with Crippen LogP contribution < -0.4 is 20.8 Å². The maximum atomic E-state index is 13.1. The van der Waals surface area contributed by atoms with Crippen molar-refractivity contribution < 1.29 is 19.0 Å². The third kappa shape index (κ3) is 3.18. The van der Waals surface area contributed by atoms with Crippen molar-refractivity contribution in [3.05, 3.63) is 81.0 Å². The van der Waals surface area contributed by atoms with Gasteiger partial charge in [0, 0.05) is 5.39 Å². The van der Waals surface area contributed by atoms with E-state index in [4.69, 9.17) is 19.9 Å². The molecule has 1 aliphatic rings. The number of hydrogen-bond acceptors (Lipinski definition) is 6. The molecule has 0 saturated heterocycles. The molecule has 1 aromatic heterocycles. The highest BCUT2D eigenvalue weighted by Gasteiger charge is 2.38. The number of aryl methyl sites for hydroxylation is 1. The molecule has 0 radical (unpaired) electrons. The van der Waals surface area contributed by atoms with Gasteiger partial charge in [0.15, 0.2) is 0 Å². The maximum absolute atomic E-state index is 13.1. The van der Waals surface area contributed by atoms with Crippen LogP contribution in [0.2, 0.25) is 0 Å². The zero-order valence-electron chi connectivity index (χ0n) is 16.9. The van der Waals surface area contributed by atoms with Crippen LogP contribution in [-0.4, -0.2) is 24.7 Å². The minimum atomic E-state index is -0.743. The Hall–Kier alpha value is -3.74. The number of nitrogens with two attached hydrogens (primary N) is 1. The fourth-order valence-corrected chi connectivity index (χ4v) is 3.77. The number of ether oxygens (including phenoxy) is 3. The molecule has 0 unspecified atom stereocenters.